The summed E-state index contributed by atoms with van der Waals surface area (Å²) in [4.78, 5) is 11.7. The maximum Gasteiger partial charge on any atom is 0.237 e. The van der Waals surface area contributed by atoms with Crippen molar-refractivity contribution in [3.8, 4) is 11.5 Å². The fourth-order valence-electron chi connectivity index (χ4n) is 1.61. The van der Waals surface area contributed by atoms with E-state index in [0.717, 1.165) is 12.8 Å². The Morgan fingerprint density at radius 3 is 2.78 bits per heavy atom. The molecule has 1 saturated carbocycles. The van der Waals surface area contributed by atoms with Gasteiger partial charge in [-0.05, 0) is 25.8 Å². The summed E-state index contributed by atoms with van der Waals surface area (Å²) in [5, 5.41) is 24.7. The van der Waals surface area contributed by atoms with E-state index in [1.165, 1.54) is 12.1 Å². The van der Waals surface area contributed by atoms with Gasteiger partial charge in [-0.2, -0.15) is 0 Å². The third kappa shape index (κ3) is 3.37. The molecule has 98 valence electrons. The number of hydrogen-bond donors (Lipinski definition) is 4. The minimum Gasteiger partial charge on any atom is -0.508 e. The summed E-state index contributed by atoms with van der Waals surface area (Å²) in [6.45, 7) is 2.17. The molecule has 0 bridgehead atoms. The number of hydrogen-bond acceptors (Lipinski definition) is 4. The number of phenolic OH excluding ortho intramolecular Hbond substituents is 2. The Morgan fingerprint density at radius 1 is 1.44 bits per heavy atom. The second-order valence-electron chi connectivity index (χ2n) is 4.70. The number of rotatable bonds is 5. The van der Waals surface area contributed by atoms with E-state index in [0.29, 0.717) is 18.2 Å². The summed E-state index contributed by atoms with van der Waals surface area (Å²) in [5.41, 5.74) is 0.652. The molecular weight excluding hydrogens is 232 g/mol. The molecule has 1 aromatic rings. The molecular formula is C13H18N2O3. The normalized spacial score (nSPS) is 16.3. The molecule has 1 atom stereocenters. The monoisotopic (exact) mass is 250 g/mol. The Labute approximate surface area is 106 Å². The molecule has 18 heavy (non-hydrogen) atoms. The van der Waals surface area contributed by atoms with Crippen LogP contribution in [0.1, 0.15) is 25.3 Å². The number of aromatic hydroxyl groups is 2. The average Bonchev–Trinajstić information content (AvgIpc) is 3.11. The van der Waals surface area contributed by atoms with Crippen LogP contribution in [0, 0.1) is 0 Å². The lowest BCUT2D eigenvalue weighted by Crippen LogP contribution is -2.42. The maximum absolute atomic E-state index is 11.7. The third-order valence-electron chi connectivity index (χ3n) is 2.98. The molecule has 0 aromatic heterocycles. The van der Waals surface area contributed by atoms with Crippen molar-refractivity contribution in [2.24, 2.45) is 0 Å². The predicted molar refractivity (Wildman–Crippen MR) is 67.2 cm³/mol. The summed E-state index contributed by atoms with van der Waals surface area (Å²) in [6.07, 6.45) is 2.13. The minimum absolute atomic E-state index is 0.0178. The summed E-state index contributed by atoms with van der Waals surface area (Å²) < 4.78 is 0. The smallest absolute Gasteiger partial charge is 0.237 e. The van der Waals surface area contributed by atoms with Gasteiger partial charge in [-0.3, -0.25) is 4.79 Å². The highest BCUT2D eigenvalue weighted by atomic mass is 16.3. The van der Waals surface area contributed by atoms with Crippen molar-refractivity contribution in [1.82, 2.24) is 10.6 Å². The molecule has 1 aliphatic rings. The van der Waals surface area contributed by atoms with Crippen LogP contribution in [0.15, 0.2) is 18.2 Å². The number of carbonyl (C=O) groups excluding carboxylic acids is 1. The molecule has 1 unspecified atom stereocenters. The third-order valence-corrected chi connectivity index (χ3v) is 2.98. The van der Waals surface area contributed by atoms with E-state index >= 15 is 0 Å². The Hall–Kier alpha value is -1.75. The van der Waals surface area contributed by atoms with E-state index in [1.807, 2.05) is 0 Å². The van der Waals surface area contributed by atoms with Gasteiger partial charge in [-0.1, -0.05) is 6.07 Å². The summed E-state index contributed by atoms with van der Waals surface area (Å²) in [6, 6.07) is 4.46. The highest BCUT2D eigenvalue weighted by Crippen LogP contribution is 2.22. The predicted octanol–water partition coefficient (Wildman–Crippen LogP) is 0.855. The van der Waals surface area contributed by atoms with Crippen molar-refractivity contribution in [3.05, 3.63) is 23.8 Å². The van der Waals surface area contributed by atoms with Crippen LogP contribution >= 0.6 is 0 Å². The van der Waals surface area contributed by atoms with Crippen LogP contribution in [0.5, 0.6) is 11.5 Å². The molecule has 0 aliphatic heterocycles. The van der Waals surface area contributed by atoms with E-state index in [4.69, 9.17) is 5.11 Å². The van der Waals surface area contributed by atoms with Crippen molar-refractivity contribution >= 4 is 5.91 Å². The standard InChI is InChI=1S/C13H18N2O3/c1-8(13(18)15-10-3-4-10)14-7-9-2-5-11(16)6-12(9)17/h2,5-6,8,10,14,16-17H,3-4,7H2,1H3,(H,15,18). The van der Waals surface area contributed by atoms with Crippen LogP contribution in [0.2, 0.25) is 0 Å². The topological polar surface area (TPSA) is 81.6 Å². The molecule has 1 amide bonds. The Bertz CT molecular complexity index is 444. The van der Waals surface area contributed by atoms with Gasteiger partial charge >= 0.3 is 0 Å². The van der Waals surface area contributed by atoms with Gasteiger partial charge in [-0.25, -0.2) is 0 Å². The zero-order chi connectivity index (χ0) is 13.1. The van der Waals surface area contributed by atoms with Gasteiger partial charge in [0, 0.05) is 24.2 Å². The lowest BCUT2D eigenvalue weighted by Gasteiger charge is -2.14. The maximum atomic E-state index is 11.7. The lowest BCUT2D eigenvalue weighted by molar-refractivity contribution is -0.122. The number of amides is 1. The average molecular weight is 250 g/mol. The van der Waals surface area contributed by atoms with Gasteiger partial charge in [-0.15, -0.1) is 0 Å². The Morgan fingerprint density at radius 2 is 2.17 bits per heavy atom. The number of benzene rings is 1. The van der Waals surface area contributed by atoms with Crippen molar-refractivity contribution in [2.45, 2.75) is 38.4 Å². The van der Waals surface area contributed by atoms with E-state index < -0.39 is 0 Å². The zero-order valence-electron chi connectivity index (χ0n) is 10.3. The van der Waals surface area contributed by atoms with Crippen LogP contribution in [-0.4, -0.2) is 28.2 Å². The molecule has 5 nitrogen and oxygen atoms in total. The minimum atomic E-state index is -0.307. The second-order valence-corrected chi connectivity index (χ2v) is 4.70. The summed E-state index contributed by atoms with van der Waals surface area (Å²) >= 11 is 0. The van der Waals surface area contributed by atoms with E-state index in [1.54, 1.807) is 13.0 Å². The summed E-state index contributed by atoms with van der Waals surface area (Å²) in [7, 11) is 0. The van der Waals surface area contributed by atoms with Crippen LogP contribution < -0.4 is 10.6 Å². The molecule has 4 N–H and O–H groups in total. The van der Waals surface area contributed by atoms with Gasteiger partial charge in [0.05, 0.1) is 6.04 Å². The molecule has 5 heteroatoms. The van der Waals surface area contributed by atoms with Crippen molar-refractivity contribution in [2.75, 3.05) is 0 Å². The Kier molecular flexibility index (Phi) is 3.72. The molecule has 1 aliphatic carbocycles. The highest BCUT2D eigenvalue weighted by Gasteiger charge is 2.25. The molecule has 2 rings (SSSR count). The first-order valence-corrected chi connectivity index (χ1v) is 6.11. The Balaban J connectivity index is 1.84. The molecule has 0 saturated heterocycles. The number of carbonyl (C=O) groups is 1. The fraction of sp³-hybridized carbons (Fsp3) is 0.462. The number of phenols is 2. The lowest BCUT2D eigenvalue weighted by atomic mass is 10.2. The first kappa shape index (κ1) is 12.7. The van der Waals surface area contributed by atoms with Gasteiger partial charge < -0.3 is 20.8 Å². The van der Waals surface area contributed by atoms with Crippen LogP contribution in [0.4, 0.5) is 0 Å². The molecule has 1 aromatic carbocycles. The molecule has 1 fully saturated rings. The van der Waals surface area contributed by atoms with E-state index in [2.05, 4.69) is 10.6 Å². The quantitative estimate of drug-likeness (QED) is 0.624. The second kappa shape index (κ2) is 5.27. The SMILES string of the molecule is CC(NCc1ccc(O)cc1O)C(=O)NC1CC1. The van der Waals surface area contributed by atoms with Gasteiger partial charge in [0.2, 0.25) is 5.91 Å². The van der Waals surface area contributed by atoms with Crippen molar-refractivity contribution < 1.29 is 15.0 Å². The van der Waals surface area contributed by atoms with Gasteiger partial charge in [0.1, 0.15) is 11.5 Å². The summed E-state index contributed by atoms with van der Waals surface area (Å²) in [5.74, 6) is 0.0313. The zero-order valence-corrected chi connectivity index (χ0v) is 10.3. The van der Waals surface area contributed by atoms with E-state index in [9.17, 15) is 9.90 Å². The van der Waals surface area contributed by atoms with E-state index in [-0.39, 0.29) is 23.4 Å². The van der Waals surface area contributed by atoms with Crippen LogP contribution in [0.3, 0.4) is 0 Å². The van der Waals surface area contributed by atoms with Crippen LogP contribution in [-0.2, 0) is 11.3 Å². The fourth-order valence-corrected chi connectivity index (χ4v) is 1.61. The van der Waals surface area contributed by atoms with Gasteiger partial charge in [0.25, 0.3) is 0 Å². The van der Waals surface area contributed by atoms with Crippen LogP contribution in [0.25, 0.3) is 0 Å². The molecule has 0 heterocycles. The number of nitrogens with one attached hydrogen (secondary N) is 2. The molecule has 0 spiro atoms. The molecule has 0 radical (unpaired) electrons. The largest absolute Gasteiger partial charge is 0.508 e. The first-order valence-electron chi connectivity index (χ1n) is 6.11. The van der Waals surface area contributed by atoms with Crippen molar-refractivity contribution in [1.29, 1.82) is 0 Å². The van der Waals surface area contributed by atoms with Crippen molar-refractivity contribution in [3.63, 3.8) is 0 Å². The van der Waals surface area contributed by atoms with Gasteiger partial charge in [0.15, 0.2) is 0 Å². The first-order chi connectivity index (χ1) is 8.56. The highest BCUT2D eigenvalue weighted by molar-refractivity contribution is 5.81.